The van der Waals surface area contributed by atoms with E-state index < -0.39 is 0 Å². The molecular formula is C18H20N4O. The number of carbonyl (C=O) groups is 1. The summed E-state index contributed by atoms with van der Waals surface area (Å²) in [6.07, 6.45) is 5.11. The van der Waals surface area contributed by atoms with Gasteiger partial charge < -0.3 is 15.6 Å². The molecule has 0 spiro atoms. The number of hydrogen-bond donors (Lipinski definition) is 3. The molecule has 3 rings (SSSR count). The third-order valence-corrected chi connectivity index (χ3v) is 3.74. The second kappa shape index (κ2) is 6.96. The number of pyridine rings is 1. The molecule has 2 aromatic heterocycles. The van der Waals surface area contributed by atoms with Crippen LogP contribution in [0.2, 0.25) is 0 Å². The molecule has 0 aliphatic heterocycles. The quantitative estimate of drug-likeness (QED) is 0.652. The maximum absolute atomic E-state index is 11.3. The predicted octanol–water partition coefficient (Wildman–Crippen LogP) is 3.57. The van der Waals surface area contributed by atoms with E-state index in [-0.39, 0.29) is 5.91 Å². The van der Waals surface area contributed by atoms with E-state index in [0.29, 0.717) is 6.42 Å². The average Bonchev–Trinajstić information content (AvgIpc) is 3.00. The number of fused-ring (bicyclic) bond motifs is 1. The van der Waals surface area contributed by atoms with Crippen molar-refractivity contribution in [3.8, 4) is 0 Å². The number of aromatic amines is 1. The van der Waals surface area contributed by atoms with Crippen LogP contribution in [0.5, 0.6) is 0 Å². The Morgan fingerprint density at radius 1 is 1.22 bits per heavy atom. The highest BCUT2D eigenvalue weighted by atomic mass is 16.1. The Balaban J connectivity index is 1.55. The van der Waals surface area contributed by atoms with Crippen LogP contribution in [-0.4, -0.2) is 22.4 Å². The van der Waals surface area contributed by atoms with Crippen LogP contribution in [0.3, 0.4) is 0 Å². The fourth-order valence-electron chi connectivity index (χ4n) is 2.49. The number of anilines is 2. The zero-order valence-electron chi connectivity index (χ0n) is 13.1. The van der Waals surface area contributed by atoms with Crippen molar-refractivity contribution in [2.75, 3.05) is 17.2 Å². The number of amides is 1. The molecule has 3 aromatic rings. The van der Waals surface area contributed by atoms with Crippen LogP contribution in [0.25, 0.3) is 10.9 Å². The minimum Gasteiger partial charge on any atom is -0.370 e. The van der Waals surface area contributed by atoms with Crippen LogP contribution < -0.4 is 10.6 Å². The van der Waals surface area contributed by atoms with Crippen LogP contribution in [0, 0.1) is 0 Å². The van der Waals surface area contributed by atoms with Crippen molar-refractivity contribution in [2.45, 2.75) is 19.8 Å². The average molecular weight is 308 g/mol. The molecule has 0 aliphatic rings. The first-order chi connectivity index (χ1) is 11.3. The Morgan fingerprint density at radius 3 is 2.87 bits per heavy atom. The number of rotatable bonds is 6. The van der Waals surface area contributed by atoms with Gasteiger partial charge in [0, 0.05) is 30.1 Å². The summed E-state index contributed by atoms with van der Waals surface area (Å²) in [5.74, 6) is 0.797. The number of hydrogen-bond acceptors (Lipinski definition) is 3. The Labute approximate surface area is 135 Å². The van der Waals surface area contributed by atoms with Gasteiger partial charge in [0.2, 0.25) is 5.91 Å². The fraction of sp³-hybridized carbons (Fsp3) is 0.222. The molecule has 0 saturated heterocycles. The summed E-state index contributed by atoms with van der Waals surface area (Å²) in [4.78, 5) is 18.9. The first kappa shape index (κ1) is 15.1. The largest absolute Gasteiger partial charge is 0.370 e. The molecule has 0 aliphatic carbocycles. The van der Waals surface area contributed by atoms with E-state index in [0.717, 1.165) is 30.0 Å². The number of para-hydroxylation sites is 1. The lowest BCUT2D eigenvalue weighted by Crippen LogP contribution is -2.10. The molecule has 118 valence electrons. The van der Waals surface area contributed by atoms with Crippen molar-refractivity contribution in [3.63, 3.8) is 0 Å². The summed E-state index contributed by atoms with van der Waals surface area (Å²) >= 11 is 0. The number of nitrogens with zero attached hydrogens (tertiary/aromatic N) is 1. The van der Waals surface area contributed by atoms with Gasteiger partial charge in [0.1, 0.15) is 5.82 Å². The van der Waals surface area contributed by atoms with E-state index >= 15 is 0 Å². The van der Waals surface area contributed by atoms with E-state index in [9.17, 15) is 4.79 Å². The molecule has 0 atom stereocenters. The summed E-state index contributed by atoms with van der Waals surface area (Å²) in [6, 6.07) is 12.0. The smallest absolute Gasteiger partial charge is 0.224 e. The Morgan fingerprint density at radius 2 is 2.09 bits per heavy atom. The summed E-state index contributed by atoms with van der Waals surface area (Å²) in [5, 5.41) is 7.35. The van der Waals surface area contributed by atoms with Gasteiger partial charge in [-0.3, -0.25) is 4.79 Å². The van der Waals surface area contributed by atoms with Gasteiger partial charge in [-0.25, -0.2) is 4.98 Å². The van der Waals surface area contributed by atoms with Gasteiger partial charge >= 0.3 is 0 Å². The second-order valence-electron chi connectivity index (χ2n) is 5.37. The SMILES string of the molecule is CCC(=O)Nc1ccc(NCCc2c[nH]c3ccccc23)nc1. The molecule has 1 amide bonds. The van der Waals surface area contributed by atoms with Gasteiger partial charge in [0.05, 0.1) is 11.9 Å². The number of aromatic nitrogens is 2. The maximum atomic E-state index is 11.3. The molecule has 3 N–H and O–H groups in total. The van der Waals surface area contributed by atoms with Crippen LogP contribution in [-0.2, 0) is 11.2 Å². The normalized spacial score (nSPS) is 10.7. The van der Waals surface area contributed by atoms with Crippen molar-refractivity contribution >= 4 is 28.3 Å². The van der Waals surface area contributed by atoms with Crippen molar-refractivity contribution in [2.24, 2.45) is 0 Å². The minimum absolute atomic E-state index is 0.00755. The Hall–Kier alpha value is -2.82. The third-order valence-electron chi connectivity index (χ3n) is 3.74. The number of benzene rings is 1. The molecule has 5 heteroatoms. The van der Waals surface area contributed by atoms with Crippen molar-refractivity contribution < 1.29 is 4.79 Å². The summed E-state index contributed by atoms with van der Waals surface area (Å²) < 4.78 is 0. The summed E-state index contributed by atoms with van der Waals surface area (Å²) in [7, 11) is 0. The van der Waals surface area contributed by atoms with Gasteiger partial charge in [-0.1, -0.05) is 25.1 Å². The van der Waals surface area contributed by atoms with E-state index in [1.807, 2.05) is 25.1 Å². The molecule has 0 saturated carbocycles. The zero-order valence-corrected chi connectivity index (χ0v) is 13.1. The van der Waals surface area contributed by atoms with E-state index in [1.165, 1.54) is 10.9 Å². The highest BCUT2D eigenvalue weighted by Gasteiger charge is 2.03. The topological polar surface area (TPSA) is 69.8 Å². The third kappa shape index (κ3) is 3.69. The Bertz CT molecular complexity index is 792. The zero-order chi connectivity index (χ0) is 16.1. The highest BCUT2D eigenvalue weighted by Crippen LogP contribution is 2.18. The van der Waals surface area contributed by atoms with Crippen LogP contribution >= 0.6 is 0 Å². The highest BCUT2D eigenvalue weighted by molar-refractivity contribution is 5.90. The van der Waals surface area contributed by atoms with Gasteiger partial charge in [-0.05, 0) is 30.2 Å². The van der Waals surface area contributed by atoms with Gasteiger partial charge in [-0.2, -0.15) is 0 Å². The Kier molecular flexibility index (Phi) is 4.57. The van der Waals surface area contributed by atoms with Gasteiger partial charge in [-0.15, -0.1) is 0 Å². The minimum atomic E-state index is -0.00755. The lowest BCUT2D eigenvalue weighted by atomic mass is 10.1. The first-order valence-corrected chi connectivity index (χ1v) is 7.81. The van der Waals surface area contributed by atoms with Crippen molar-refractivity contribution in [1.29, 1.82) is 0 Å². The predicted molar refractivity (Wildman–Crippen MR) is 93.7 cm³/mol. The summed E-state index contributed by atoms with van der Waals surface area (Å²) in [5.41, 5.74) is 3.18. The number of H-pyrrole nitrogens is 1. The second-order valence-corrected chi connectivity index (χ2v) is 5.37. The standard InChI is InChI=1S/C18H20N4O/c1-2-18(23)22-14-7-8-17(21-12-14)19-10-9-13-11-20-16-6-4-3-5-15(13)16/h3-8,11-12,20H,2,9-10H2,1H3,(H,19,21)(H,22,23). The lowest BCUT2D eigenvalue weighted by Gasteiger charge is -2.07. The molecule has 0 fully saturated rings. The van der Waals surface area contributed by atoms with Crippen molar-refractivity contribution in [3.05, 3.63) is 54.4 Å². The van der Waals surface area contributed by atoms with E-state index in [2.05, 4.69) is 45.0 Å². The van der Waals surface area contributed by atoms with Crippen LogP contribution in [0.15, 0.2) is 48.8 Å². The number of nitrogens with one attached hydrogen (secondary N) is 3. The van der Waals surface area contributed by atoms with Gasteiger partial charge in [0.15, 0.2) is 0 Å². The number of carbonyl (C=O) groups excluding carboxylic acids is 1. The molecular weight excluding hydrogens is 288 g/mol. The molecule has 0 bridgehead atoms. The molecule has 1 aromatic carbocycles. The van der Waals surface area contributed by atoms with E-state index in [4.69, 9.17) is 0 Å². The van der Waals surface area contributed by atoms with Crippen LogP contribution in [0.1, 0.15) is 18.9 Å². The molecule has 2 heterocycles. The molecule has 0 radical (unpaired) electrons. The van der Waals surface area contributed by atoms with E-state index in [1.54, 1.807) is 6.20 Å². The monoisotopic (exact) mass is 308 g/mol. The maximum Gasteiger partial charge on any atom is 0.224 e. The molecule has 5 nitrogen and oxygen atoms in total. The van der Waals surface area contributed by atoms with Gasteiger partial charge in [0.25, 0.3) is 0 Å². The first-order valence-electron chi connectivity index (χ1n) is 7.81. The lowest BCUT2D eigenvalue weighted by molar-refractivity contribution is -0.115. The molecule has 23 heavy (non-hydrogen) atoms. The van der Waals surface area contributed by atoms with Crippen molar-refractivity contribution in [1.82, 2.24) is 9.97 Å². The molecule has 0 unspecified atom stereocenters. The fourth-order valence-corrected chi connectivity index (χ4v) is 2.49. The summed E-state index contributed by atoms with van der Waals surface area (Å²) in [6.45, 7) is 2.62. The van der Waals surface area contributed by atoms with Crippen LogP contribution in [0.4, 0.5) is 11.5 Å².